The average Bonchev–Trinajstić information content (AvgIpc) is 3.25. The Balaban J connectivity index is 0.000000272. The van der Waals surface area contributed by atoms with Crippen molar-refractivity contribution in [2.24, 2.45) is 0 Å². The molecule has 0 aromatic heterocycles. The third-order valence-electron chi connectivity index (χ3n) is 8.66. The fourth-order valence-electron chi connectivity index (χ4n) is 5.35. The van der Waals surface area contributed by atoms with Crippen LogP contribution in [0.3, 0.4) is 0 Å². The largest absolute Gasteiger partial charge is 0.508 e. The number of nitrogens with one attached hydrogen (secondary N) is 1. The van der Waals surface area contributed by atoms with Gasteiger partial charge < -0.3 is 45.6 Å². The molecule has 12 heteroatoms. The molecule has 0 heterocycles. The first-order valence-corrected chi connectivity index (χ1v) is 19.5. The summed E-state index contributed by atoms with van der Waals surface area (Å²) in [5.41, 5.74) is 10.7. The molecule has 62 heavy (non-hydrogen) atoms. The summed E-state index contributed by atoms with van der Waals surface area (Å²) in [5.74, 6) is 0.672. The van der Waals surface area contributed by atoms with E-state index in [4.69, 9.17) is 15.2 Å². The van der Waals surface area contributed by atoms with Gasteiger partial charge in [0.2, 0.25) is 0 Å². The Kier molecular flexibility index (Phi) is 20.9. The quantitative estimate of drug-likeness (QED) is 0.0383. The van der Waals surface area contributed by atoms with E-state index in [1.807, 2.05) is 143 Å². The van der Waals surface area contributed by atoms with Crippen LogP contribution in [0.4, 0.5) is 11.4 Å². The maximum Gasteiger partial charge on any atom is 0.336 e. The van der Waals surface area contributed by atoms with Gasteiger partial charge in [-0.1, -0.05) is 84.9 Å². The molecule has 0 bridgehead atoms. The number of halogens is 1. The van der Waals surface area contributed by atoms with Crippen LogP contribution in [0.15, 0.2) is 158 Å². The second-order valence-corrected chi connectivity index (χ2v) is 14.2. The molecule has 6 aromatic carbocycles. The van der Waals surface area contributed by atoms with Crippen molar-refractivity contribution >= 4 is 59.0 Å². The number of anilines is 2. The number of benzene rings is 6. The van der Waals surface area contributed by atoms with Crippen LogP contribution in [0.1, 0.15) is 22.3 Å². The van der Waals surface area contributed by atoms with Crippen LogP contribution in [0.5, 0.6) is 23.0 Å². The summed E-state index contributed by atoms with van der Waals surface area (Å²) in [6.07, 6.45) is 3.44. The number of aliphatic carboxylic acids is 1. The van der Waals surface area contributed by atoms with Crippen LogP contribution in [-0.4, -0.2) is 91.5 Å². The molecule has 0 aliphatic carbocycles. The number of nitrogens with two attached hydrogens (primary N) is 1. The minimum absolute atomic E-state index is 0. The molecule has 6 aromatic rings. The molecule has 0 fully saturated rings. The van der Waals surface area contributed by atoms with Gasteiger partial charge in [0.25, 0.3) is 5.91 Å². The Morgan fingerprint density at radius 3 is 1.35 bits per heavy atom. The summed E-state index contributed by atoms with van der Waals surface area (Å²) in [7, 11) is 8.03. The molecule has 0 radical (unpaired) electrons. The van der Waals surface area contributed by atoms with Crippen molar-refractivity contribution in [2.45, 2.75) is 0 Å². The maximum absolute atomic E-state index is 13.1. The number of carboxylic acids is 1. The summed E-state index contributed by atoms with van der Waals surface area (Å²) < 4.78 is 11.2. The number of nitrogen functional groups attached to an aromatic ring is 1. The normalized spacial score (nSPS) is 10.9. The predicted molar refractivity (Wildman–Crippen MR) is 254 cm³/mol. The number of hydrogen-bond acceptors (Lipinski definition) is 9. The van der Waals surface area contributed by atoms with E-state index in [9.17, 15) is 24.9 Å². The number of nitrogens with zero attached hydrogens (tertiary/aromatic N) is 2. The number of carboxylic acid groups (broad SMARTS) is 1. The van der Waals surface area contributed by atoms with Gasteiger partial charge in [-0.2, -0.15) is 0 Å². The molecule has 0 aliphatic heterocycles. The monoisotopic (exact) mass is 858 g/mol. The zero-order valence-corrected chi connectivity index (χ0v) is 36.2. The van der Waals surface area contributed by atoms with E-state index in [0.717, 1.165) is 47.0 Å². The number of amides is 1. The van der Waals surface area contributed by atoms with Gasteiger partial charge in [-0.15, -0.1) is 12.4 Å². The first kappa shape index (κ1) is 49.3. The Bertz CT molecular complexity index is 2280. The number of carbonyl (C=O) groups excluding carboxylic acids is 1. The number of carbonyl (C=O) groups is 2. The first-order chi connectivity index (χ1) is 29.4. The summed E-state index contributed by atoms with van der Waals surface area (Å²) in [6.45, 7) is 3.06. The van der Waals surface area contributed by atoms with E-state index in [-0.39, 0.29) is 35.4 Å². The number of ether oxygens (including phenoxy) is 2. The smallest absolute Gasteiger partial charge is 0.336 e. The summed E-state index contributed by atoms with van der Waals surface area (Å²) in [5, 5.41) is 31.0. The Morgan fingerprint density at radius 2 is 0.952 bits per heavy atom. The second kappa shape index (κ2) is 26.2. The van der Waals surface area contributed by atoms with Crippen molar-refractivity contribution in [2.75, 3.05) is 65.5 Å². The predicted octanol–water partition coefficient (Wildman–Crippen LogP) is 9.16. The summed E-state index contributed by atoms with van der Waals surface area (Å²) >= 11 is 0. The van der Waals surface area contributed by atoms with Gasteiger partial charge in [0.1, 0.15) is 36.2 Å². The SMILES string of the molecule is CN(C)CCOc1ccc(N)cc1.CN(C)CCOc1ccc(NC(=O)C(=Cc2ccccc2)c2ccc(O)cc2)cc1.Cl.O=C(O)C(=Cc1ccccc1)c1ccc(O)cc1. The van der Waals surface area contributed by atoms with Crippen molar-refractivity contribution in [1.82, 2.24) is 9.80 Å². The van der Waals surface area contributed by atoms with Gasteiger partial charge in [-0.3, -0.25) is 4.79 Å². The van der Waals surface area contributed by atoms with E-state index in [1.165, 1.54) is 12.1 Å². The summed E-state index contributed by atoms with van der Waals surface area (Å²) in [4.78, 5) is 28.4. The van der Waals surface area contributed by atoms with Crippen LogP contribution in [-0.2, 0) is 9.59 Å². The van der Waals surface area contributed by atoms with Gasteiger partial charge in [-0.05, 0) is 135 Å². The van der Waals surface area contributed by atoms with E-state index in [0.29, 0.717) is 30.0 Å². The van der Waals surface area contributed by atoms with Crippen molar-refractivity contribution < 1.29 is 34.4 Å². The molecule has 6 rings (SSSR count). The molecule has 324 valence electrons. The fraction of sp³-hybridized carbons (Fsp3) is 0.160. The molecule has 11 nitrogen and oxygen atoms in total. The molecule has 0 aliphatic rings. The molecular formula is C50H55ClN4O7. The summed E-state index contributed by atoms with van der Waals surface area (Å²) in [6, 6.07) is 46.4. The van der Waals surface area contributed by atoms with Crippen LogP contribution in [0, 0.1) is 0 Å². The maximum atomic E-state index is 13.1. The third kappa shape index (κ3) is 18.1. The van der Waals surface area contributed by atoms with Gasteiger partial charge in [0, 0.05) is 30.0 Å². The highest BCUT2D eigenvalue weighted by atomic mass is 35.5. The molecule has 0 spiro atoms. The van der Waals surface area contributed by atoms with Crippen molar-refractivity contribution in [3.63, 3.8) is 0 Å². The van der Waals surface area contributed by atoms with Crippen LogP contribution in [0.2, 0.25) is 0 Å². The van der Waals surface area contributed by atoms with Gasteiger partial charge in [0.15, 0.2) is 0 Å². The second-order valence-electron chi connectivity index (χ2n) is 14.2. The number of rotatable bonds is 15. The van der Waals surface area contributed by atoms with Crippen molar-refractivity contribution in [1.29, 1.82) is 0 Å². The molecule has 0 saturated heterocycles. The zero-order chi connectivity index (χ0) is 44.0. The molecular weight excluding hydrogens is 804 g/mol. The van der Waals surface area contributed by atoms with E-state index >= 15 is 0 Å². The standard InChI is InChI=1S/C25H26N2O3.C15H12O3.C10H16N2O.ClH/c1-27(2)16-17-30-23-14-10-21(11-15-23)26-25(29)24(18-19-6-4-3-5-7-19)20-8-12-22(28)13-9-20;16-13-8-6-12(7-9-13)14(15(17)18)10-11-4-2-1-3-5-11;1-12(2)7-8-13-10-5-3-9(11)4-6-10;/h3-15,18,28H,16-17H2,1-2H3,(H,26,29);1-10,16H,(H,17,18);3-6H,7-8,11H2,1-2H3;1H. The van der Waals surface area contributed by atoms with Crippen LogP contribution < -0.4 is 20.5 Å². The number of aromatic hydroxyl groups is 2. The molecule has 0 unspecified atom stereocenters. The highest BCUT2D eigenvalue weighted by Crippen LogP contribution is 2.24. The Labute approximate surface area is 370 Å². The lowest BCUT2D eigenvalue weighted by Gasteiger charge is -2.12. The van der Waals surface area contributed by atoms with Crippen LogP contribution >= 0.6 is 12.4 Å². The first-order valence-electron chi connectivity index (χ1n) is 19.5. The minimum Gasteiger partial charge on any atom is -0.508 e. The minimum atomic E-state index is -0.996. The van der Waals surface area contributed by atoms with Crippen molar-refractivity contribution in [3.8, 4) is 23.0 Å². The van der Waals surface area contributed by atoms with Gasteiger partial charge >= 0.3 is 5.97 Å². The van der Waals surface area contributed by atoms with E-state index in [2.05, 4.69) is 15.1 Å². The molecule has 6 N–H and O–H groups in total. The van der Waals surface area contributed by atoms with Gasteiger partial charge in [0.05, 0.1) is 5.57 Å². The molecule has 0 saturated carbocycles. The highest BCUT2D eigenvalue weighted by molar-refractivity contribution is 6.29. The van der Waals surface area contributed by atoms with Crippen molar-refractivity contribution in [3.05, 3.63) is 180 Å². The van der Waals surface area contributed by atoms with Crippen LogP contribution in [0.25, 0.3) is 23.3 Å². The number of phenols is 2. The number of likely N-dealkylation sites (N-methyl/N-ethyl adjacent to an activating group) is 2. The molecule has 0 atom stereocenters. The molecule has 1 amide bonds. The number of hydrogen-bond donors (Lipinski definition) is 5. The zero-order valence-electron chi connectivity index (χ0n) is 35.3. The highest BCUT2D eigenvalue weighted by Gasteiger charge is 2.14. The third-order valence-corrected chi connectivity index (χ3v) is 8.66. The lowest BCUT2D eigenvalue weighted by atomic mass is 10.0. The Morgan fingerprint density at radius 1 is 0.565 bits per heavy atom. The lowest BCUT2D eigenvalue weighted by Crippen LogP contribution is -2.19. The Hall–Kier alpha value is -7.05. The van der Waals surface area contributed by atoms with Gasteiger partial charge in [-0.25, -0.2) is 4.79 Å². The average molecular weight is 859 g/mol. The van der Waals surface area contributed by atoms with E-state index in [1.54, 1.807) is 42.5 Å². The topological polar surface area (TPSA) is 158 Å². The lowest BCUT2D eigenvalue weighted by molar-refractivity contribution is -0.130. The fourth-order valence-corrected chi connectivity index (χ4v) is 5.35. The van der Waals surface area contributed by atoms with E-state index < -0.39 is 5.97 Å². The number of phenolic OH excluding ortho intramolecular Hbond substituents is 2.